The lowest BCUT2D eigenvalue weighted by Crippen LogP contribution is -2.21. The minimum absolute atomic E-state index is 0. The van der Waals surface area contributed by atoms with Gasteiger partial charge in [0.1, 0.15) is 5.75 Å². The number of rotatable bonds is 2. The molecule has 0 heterocycles. The lowest BCUT2D eigenvalue weighted by atomic mass is 9.91. The second-order valence-electron chi connectivity index (χ2n) is 4.49. The molecular formula is C12H15BrClF2NO. The molecule has 2 nitrogen and oxygen atoms in total. The van der Waals surface area contributed by atoms with Crippen LogP contribution in [-0.2, 0) is 0 Å². The molecule has 1 saturated carbocycles. The molecule has 0 bridgehead atoms. The van der Waals surface area contributed by atoms with Gasteiger partial charge in [-0.25, -0.2) is 8.78 Å². The van der Waals surface area contributed by atoms with Gasteiger partial charge in [0.15, 0.2) is 11.6 Å². The van der Waals surface area contributed by atoms with E-state index in [9.17, 15) is 13.9 Å². The smallest absolute Gasteiger partial charge is 0.167 e. The van der Waals surface area contributed by atoms with E-state index in [0.29, 0.717) is 0 Å². The van der Waals surface area contributed by atoms with E-state index in [4.69, 9.17) is 5.73 Å². The quantitative estimate of drug-likeness (QED) is 0.797. The third-order valence-electron chi connectivity index (χ3n) is 3.42. The summed E-state index contributed by atoms with van der Waals surface area (Å²) in [5.41, 5.74) is 5.84. The standard InChI is InChI=1S/C12H14BrF2NO.ClH/c13-7-5-8(14)10(15)9(12(7)17)11(16)6-3-1-2-4-6;/h5-6,11,17H,1-4,16H2;1H/t11-;/m1./s1. The molecule has 2 rings (SSSR count). The van der Waals surface area contributed by atoms with Crippen LogP contribution in [0.3, 0.4) is 0 Å². The van der Waals surface area contributed by atoms with E-state index in [0.717, 1.165) is 31.7 Å². The number of halogens is 4. The normalized spacial score (nSPS) is 17.6. The molecule has 1 fully saturated rings. The van der Waals surface area contributed by atoms with Crippen LogP contribution >= 0.6 is 28.3 Å². The summed E-state index contributed by atoms with van der Waals surface area (Å²) in [6.07, 6.45) is 3.90. The first-order valence-corrected chi connectivity index (χ1v) is 6.43. The number of benzene rings is 1. The third kappa shape index (κ3) is 2.78. The summed E-state index contributed by atoms with van der Waals surface area (Å²) >= 11 is 3.00. The number of hydrogen-bond acceptors (Lipinski definition) is 2. The van der Waals surface area contributed by atoms with E-state index in [-0.39, 0.29) is 34.1 Å². The summed E-state index contributed by atoms with van der Waals surface area (Å²) in [4.78, 5) is 0. The highest BCUT2D eigenvalue weighted by Gasteiger charge is 2.29. The lowest BCUT2D eigenvalue weighted by molar-refractivity contribution is 0.382. The molecule has 1 aromatic carbocycles. The largest absolute Gasteiger partial charge is 0.506 e. The Morgan fingerprint density at radius 1 is 1.33 bits per heavy atom. The highest BCUT2D eigenvalue weighted by Crippen LogP contribution is 2.41. The second kappa shape index (κ2) is 6.17. The van der Waals surface area contributed by atoms with Gasteiger partial charge in [0.25, 0.3) is 0 Å². The maximum atomic E-state index is 13.7. The fraction of sp³-hybridized carbons (Fsp3) is 0.500. The van der Waals surface area contributed by atoms with Gasteiger partial charge in [-0.2, -0.15) is 0 Å². The van der Waals surface area contributed by atoms with Gasteiger partial charge in [-0.15, -0.1) is 12.4 Å². The summed E-state index contributed by atoms with van der Waals surface area (Å²) in [5.74, 6) is -2.20. The molecule has 3 N–H and O–H groups in total. The number of hydrogen-bond donors (Lipinski definition) is 2. The van der Waals surface area contributed by atoms with Gasteiger partial charge in [0.05, 0.1) is 10.0 Å². The van der Waals surface area contributed by atoms with Crippen molar-refractivity contribution in [2.24, 2.45) is 11.7 Å². The molecule has 1 aromatic rings. The first-order valence-electron chi connectivity index (χ1n) is 5.64. The van der Waals surface area contributed by atoms with Gasteiger partial charge in [-0.05, 0) is 40.8 Å². The molecule has 1 aliphatic carbocycles. The monoisotopic (exact) mass is 341 g/mol. The topological polar surface area (TPSA) is 46.2 Å². The molecule has 0 spiro atoms. The van der Waals surface area contributed by atoms with Crippen molar-refractivity contribution in [2.45, 2.75) is 31.7 Å². The van der Waals surface area contributed by atoms with Crippen LogP contribution in [0, 0.1) is 17.6 Å². The predicted octanol–water partition coefficient (Wildman–Crippen LogP) is 4.04. The third-order valence-corrected chi connectivity index (χ3v) is 4.03. The average molecular weight is 343 g/mol. The minimum Gasteiger partial charge on any atom is -0.506 e. The molecule has 0 aromatic heterocycles. The maximum Gasteiger partial charge on any atom is 0.167 e. The van der Waals surface area contributed by atoms with E-state index in [2.05, 4.69) is 15.9 Å². The Labute approximate surface area is 119 Å². The van der Waals surface area contributed by atoms with Gasteiger partial charge in [-0.1, -0.05) is 12.8 Å². The Morgan fingerprint density at radius 3 is 2.44 bits per heavy atom. The molecule has 0 aliphatic heterocycles. The molecule has 0 unspecified atom stereocenters. The van der Waals surface area contributed by atoms with Crippen molar-refractivity contribution in [1.82, 2.24) is 0 Å². The van der Waals surface area contributed by atoms with Crippen molar-refractivity contribution in [3.63, 3.8) is 0 Å². The predicted molar refractivity (Wildman–Crippen MR) is 71.9 cm³/mol. The van der Waals surface area contributed by atoms with Gasteiger partial charge in [0.2, 0.25) is 0 Å². The molecule has 1 atom stereocenters. The van der Waals surface area contributed by atoms with E-state index < -0.39 is 17.7 Å². The highest BCUT2D eigenvalue weighted by atomic mass is 79.9. The number of phenols is 1. The Hall–Kier alpha value is -0.390. The van der Waals surface area contributed by atoms with E-state index in [1.807, 2.05) is 0 Å². The SMILES string of the molecule is Cl.N[C@@H](c1c(O)c(Br)cc(F)c1F)C1CCCC1. The van der Waals surface area contributed by atoms with Crippen molar-refractivity contribution in [1.29, 1.82) is 0 Å². The van der Waals surface area contributed by atoms with E-state index in [1.165, 1.54) is 0 Å². The van der Waals surface area contributed by atoms with Crippen LogP contribution in [0.25, 0.3) is 0 Å². The van der Waals surface area contributed by atoms with Crippen LogP contribution in [0.15, 0.2) is 10.5 Å². The molecular weight excluding hydrogens is 327 g/mol. The van der Waals surface area contributed by atoms with Gasteiger partial charge < -0.3 is 10.8 Å². The van der Waals surface area contributed by atoms with Crippen molar-refractivity contribution in [3.05, 3.63) is 27.7 Å². The van der Waals surface area contributed by atoms with Gasteiger partial charge in [-0.3, -0.25) is 0 Å². The fourth-order valence-electron chi connectivity index (χ4n) is 2.46. The molecule has 6 heteroatoms. The Morgan fingerprint density at radius 2 is 1.89 bits per heavy atom. The molecule has 0 radical (unpaired) electrons. The fourth-order valence-corrected chi connectivity index (χ4v) is 2.88. The van der Waals surface area contributed by atoms with Crippen LogP contribution in [0.2, 0.25) is 0 Å². The van der Waals surface area contributed by atoms with Crippen molar-refractivity contribution < 1.29 is 13.9 Å². The number of aromatic hydroxyl groups is 1. The van der Waals surface area contributed by atoms with Crippen LogP contribution < -0.4 is 5.73 Å². The number of nitrogens with two attached hydrogens (primary N) is 1. The first-order chi connectivity index (χ1) is 8.02. The van der Waals surface area contributed by atoms with Gasteiger partial charge in [0, 0.05) is 6.04 Å². The van der Waals surface area contributed by atoms with Crippen molar-refractivity contribution in [2.75, 3.05) is 0 Å². The van der Waals surface area contributed by atoms with Crippen molar-refractivity contribution in [3.8, 4) is 5.75 Å². The summed E-state index contributed by atoms with van der Waals surface area (Å²) in [6, 6.07) is 0.264. The summed E-state index contributed by atoms with van der Waals surface area (Å²) < 4.78 is 27.1. The first kappa shape index (κ1) is 15.7. The molecule has 0 saturated heterocycles. The number of phenolic OH excluding ortho intramolecular Hbond substituents is 1. The van der Waals surface area contributed by atoms with E-state index >= 15 is 0 Å². The zero-order chi connectivity index (χ0) is 12.6. The highest BCUT2D eigenvalue weighted by molar-refractivity contribution is 9.10. The van der Waals surface area contributed by atoms with Gasteiger partial charge >= 0.3 is 0 Å². The Kier molecular flexibility index (Phi) is 5.37. The molecule has 0 amide bonds. The maximum absolute atomic E-state index is 13.7. The summed E-state index contributed by atoms with van der Waals surface area (Å²) in [7, 11) is 0. The lowest BCUT2D eigenvalue weighted by Gasteiger charge is -2.21. The van der Waals surface area contributed by atoms with Crippen LogP contribution in [-0.4, -0.2) is 5.11 Å². The van der Waals surface area contributed by atoms with Crippen molar-refractivity contribution >= 4 is 28.3 Å². The average Bonchev–Trinajstić information content (AvgIpc) is 2.80. The van der Waals surface area contributed by atoms with Crippen LogP contribution in [0.4, 0.5) is 8.78 Å². The molecule has 1 aliphatic rings. The van der Waals surface area contributed by atoms with E-state index in [1.54, 1.807) is 0 Å². The second-order valence-corrected chi connectivity index (χ2v) is 5.34. The zero-order valence-corrected chi connectivity index (χ0v) is 12.0. The Balaban J connectivity index is 0.00000162. The Bertz CT molecular complexity index is 412. The van der Waals surface area contributed by atoms with Crippen LogP contribution in [0.1, 0.15) is 37.3 Å². The molecule has 102 valence electrons. The summed E-state index contributed by atoms with van der Waals surface area (Å²) in [5, 5.41) is 9.80. The molecule has 18 heavy (non-hydrogen) atoms. The summed E-state index contributed by atoms with van der Waals surface area (Å²) in [6.45, 7) is 0. The minimum atomic E-state index is -1.04. The van der Waals surface area contributed by atoms with Crippen LogP contribution in [0.5, 0.6) is 5.75 Å². The zero-order valence-electron chi connectivity index (χ0n) is 9.63.